The molecule has 4 rings (SSSR count). The van der Waals surface area contributed by atoms with Crippen LogP contribution >= 0.6 is 28.3 Å². The molecule has 0 aliphatic heterocycles. The molecule has 0 unspecified atom stereocenters. The zero-order valence-corrected chi connectivity index (χ0v) is 16.7. The Balaban J connectivity index is 0.00000210. The summed E-state index contributed by atoms with van der Waals surface area (Å²) in [5, 5.41) is 18.1. The number of non-ortho nitro benzene ring substituents is 1. The van der Waals surface area contributed by atoms with E-state index in [1.807, 2.05) is 17.5 Å². The average Bonchev–Trinajstić information content (AvgIpc) is 3.29. The van der Waals surface area contributed by atoms with E-state index in [1.165, 1.54) is 34.4 Å². The minimum Gasteiger partial charge on any atom is -0.361 e. The number of hydrogen-bond acceptors (Lipinski definition) is 5. The van der Waals surface area contributed by atoms with E-state index in [-0.39, 0.29) is 22.7 Å². The fourth-order valence-electron chi connectivity index (χ4n) is 2.88. The number of nitro groups is 1. The van der Waals surface area contributed by atoms with Crippen LogP contribution in [0.4, 0.5) is 10.8 Å². The molecule has 0 bridgehead atoms. The topological polar surface area (TPSA) is 83.9 Å². The van der Waals surface area contributed by atoms with Gasteiger partial charge in [0.1, 0.15) is 0 Å². The van der Waals surface area contributed by atoms with E-state index in [2.05, 4.69) is 33.6 Å². The molecule has 0 saturated carbocycles. The molecule has 0 fully saturated rings. The Labute approximate surface area is 170 Å². The van der Waals surface area contributed by atoms with Gasteiger partial charge in [-0.15, -0.1) is 28.3 Å². The molecule has 8 heteroatoms. The highest BCUT2D eigenvalue weighted by molar-refractivity contribution is 8.93. The summed E-state index contributed by atoms with van der Waals surface area (Å²) in [6.07, 6.45) is 2.95. The van der Waals surface area contributed by atoms with Crippen LogP contribution in [0.1, 0.15) is 5.56 Å². The zero-order chi connectivity index (χ0) is 17.9. The van der Waals surface area contributed by atoms with Crippen LogP contribution in [0.25, 0.3) is 22.2 Å². The SMILES string of the molecule is Br.O=[N+]([O-])c1ccc(-c2csc(NCCc3c[nH]c4ccccc34)n2)cc1. The van der Waals surface area contributed by atoms with Crippen molar-refractivity contribution in [1.29, 1.82) is 0 Å². The molecule has 0 spiro atoms. The summed E-state index contributed by atoms with van der Waals surface area (Å²) >= 11 is 1.53. The molecule has 4 aromatic rings. The Morgan fingerprint density at radius 2 is 1.93 bits per heavy atom. The molecule has 6 nitrogen and oxygen atoms in total. The van der Waals surface area contributed by atoms with Crippen LogP contribution in [-0.4, -0.2) is 21.4 Å². The summed E-state index contributed by atoms with van der Waals surface area (Å²) in [7, 11) is 0. The molecular weight excluding hydrogens is 428 g/mol. The minimum absolute atomic E-state index is 0. The number of anilines is 1. The van der Waals surface area contributed by atoms with Gasteiger partial charge in [0.25, 0.3) is 5.69 Å². The molecule has 0 radical (unpaired) electrons. The predicted octanol–water partition coefficient (Wildman–Crippen LogP) is 5.43. The molecule has 2 heterocycles. The van der Waals surface area contributed by atoms with Crippen molar-refractivity contribution >= 4 is 50.0 Å². The lowest BCUT2D eigenvalue weighted by Crippen LogP contribution is -2.04. The summed E-state index contributed by atoms with van der Waals surface area (Å²) in [6, 6.07) is 14.7. The van der Waals surface area contributed by atoms with Gasteiger partial charge in [-0.05, 0) is 30.2 Å². The molecule has 138 valence electrons. The Morgan fingerprint density at radius 1 is 1.15 bits per heavy atom. The minimum atomic E-state index is -0.400. The first-order chi connectivity index (χ1) is 12.7. The quantitative estimate of drug-likeness (QED) is 0.306. The number of nitro benzene ring substituents is 1. The first kappa shape index (κ1) is 19.1. The highest BCUT2D eigenvalue weighted by Crippen LogP contribution is 2.26. The number of nitrogens with zero attached hydrogens (tertiary/aromatic N) is 2. The van der Waals surface area contributed by atoms with Crippen LogP contribution in [0.2, 0.25) is 0 Å². The van der Waals surface area contributed by atoms with E-state index in [1.54, 1.807) is 12.1 Å². The van der Waals surface area contributed by atoms with Gasteiger partial charge >= 0.3 is 0 Å². The molecule has 2 aromatic heterocycles. The Hall–Kier alpha value is -2.71. The number of fused-ring (bicyclic) bond motifs is 1. The largest absolute Gasteiger partial charge is 0.361 e. The van der Waals surface area contributed by atoms with Crippen LogP contribution in [0.3, 0.4) is 0 Å². The monoisotopic (exact) mass is 444 g/mol. The van der Waals surface area contributed by atoms with Gasteiger partial charge in [0.2, 0.25) is 0 Å². The molecule has 0 atom stereocenters. The Morgan fingerprint density at radius 3 is 2.70 bits per heavy atom. The van der Waals surface area contributed by atoms with Crippen molar-refractivity contribution in [1.82, 2.24) is 9.97 Å². The predicted molar refractivity (Wildman–Crippen MR) is 115 cm³/mol. The maximum absolute atomic E-state index is 10.7. The summed E-state index contributed by atoms with van der Waals surface area (Å²) in [5.74, 6) is 0. The van der Waals surface area contributed by atoms with Crippen molar-refractivity contribution in [3.63, 3.8) is 0 Å². The van der Waals surface area contributed by atoms with Gasteiger partial charge in [-0.25, -0.2) is 4.98 Å². The highest BCUT2D eigenvalue weighted by Gasteiger charge is 2.08. The van der Waals surface area contributed by atoms with Gasteiger partial charge in [-0.2, -0.15) is 0 Å². The number of hydrogen-bond donors (Lipinski definition) is 2. The van der Waals surface area contributed by atoms with Crippen LogP contribution in [0, 0.1) is 10.1 Å². The van der Waals surface area contributed by atoms with Gasteiger partial charge in [0, 0.05) is 46.7 Å². The number of H-pyrrole nitrogens is 1. The lowest BCUT2D eigenvalue weighted by Gasteiger charge is -2.02. The van der Waals surface area contributed by atoms with Crippen LogP contribution < -0.4 is 5.32 Å². The van der Waals surface area contributed by atoms with E-state index in [9.17, 15) is 10.1 Å². The van der Waals surface area contributed by atoms with Crippen molar-refractivity contribution in [3.05, 3.63) is 75.8 Å². The molecule has 27 heavy (non-hydrogen) atoms. The fraction of sp³-hybridized carbons (Fsp3) is 0.105. The smallest absolute Gasteiger partial charge is 0.269 e. The Bertz CT molecular complexity index is 1060. The Kier molecular flexibility index (Phi) is 5.88. The van der Waals surface area contributed by atoms with Gasteiger partial charge in [-0.3, -0.25) is 10.1 Å². The lowest BCUT2D eigenvalue weighted by atomic mass is 10.1. The maximum atomic E-state index is 10.7. The van der Waals surface area contributed by atoms with Crippen molar-refractivity contribution < 1.29 is 4.92 Å². The van der Waals surface area contributed by atoms with Crippen LogP contribution in [-0.2, 0) is 6.42 Å². The van der Waals surface area contributed by atoms with E-state index < -0.39 is 4.92 Å². The van der Waals surface area contributed by atoms with Gasteiger partial charge in [-0.1, -0.05) is 18.2 Å². The van der Waals surface area contributed by atoms with Crippen LogP contribution in [0.15, 0.2) is 60.1 Å². The molecule has 0 amide bonds. The summed E-state index contributed by atoms with van der Waals surface area (Å²) < 4.78 is 0. The van der Waals surface area contributed by atoms with Gasteiger partial charge in [0.05, 0.1) is 10.6 Å². The molecule has 2 N–H and O–H groups in total. The fourth-order valence-corrected chi connectivity index (χ4v) is 3.63. The number of aromatic amines is 1. The molecule has 0 aliphatic rings. The first-order valence-electron chi connectivity index (χ1n) is 8.20. The van der Waals surface area contributed by atoms with Crippen molar-refractivity contribution in [2.45, 2.75) is 6.42 Å². The van der Waals surface area contributed by atoms with Gasteiger partial charge < -0.3 is 10.3 Å². The number of halogens is 1. The third kappa shape index (κ3) is 4.17. The normalized spacial score (nSPS) is 10.5. The number of aromatic nitrogens is 2. The van der Waals surface area contributed by atoms with E-state index >= 15 is 0 Å². The average molecular weight is 445 g/mol. The summed E-state index contributed by atoms with van der Waals surface area (Å²) in [4.78, 5) is 18.2. The van der Waals surface area contributed by atoms with E-state index in [4.69, 9.17) is 0 Å². The standard InChI is InChI=1S/C19H16N4O2S.BrH/c24-23(25)15-7-5-13(6-8-15)18-12-26-19(22-18)20-10-9-14-11-21-17-4-2-1-3-16(14)17;/h1-8,11-12,21H,9-10H2,(H,20,22);1H. The van der Waals surface area contributed by atoms with Crippen molar-refractivity contribution in [3.8, 4) is 11.3 Å². The second-order valence-electron chi connectivity index (χ2n) is 5.88. The summed E-state index contributed by atoms with van der Waals surface area (Å²) in [6.45, 7) is 0.787. The van der Waals surface area contributed by atoms with Gasteiger partial charge in [0.15, 0.2) is 5.13 Å². The maximum Gasteiger partial charge on any atom is 0.269 e. The number of benzene rings is 2. The molecule has 0 saturated heterocycles. The van der Waals surface area contributed by atoms with Crippen molar-refractivity contribution in [2.24, 2.45) is 0 Å². The summed E-state index contributed by atoms with van der Waals surface area (Å²) in [5.41, 5.74) is 4.20. The third-order valence-corrected chi connectivity index (χ3v) is 5.02. The first-order valence-corrected chi connectivity index (χ1v) is 9.08. The van der Waals surface area contributed by atoms with Crippen LogP contribution in [0.5, 0.6) is 0 Å². The second kappa shape index (κ2) is 8.32. The molecular formula is C19H17BrN4O2S. The molecule has 2 aromatic carbocycles. The lowest BCUT2D eigenvalue weighted by molar-refractivity contribution is -0.384. The van der Waals surface area contributed by atoms with Crippen molar-refractivity contribution in [2.75, 3.05) is 11.9 Å². The number of thiazole rings is 1. The molecule has 0 aliphatic carbocycles. The second-order valence-corrected chi connectivity index (χ2v) is 6.74. The number of nitrogens with one attached hydrogen (secondary N) is 2. The number of para-hydroxylation sites is 1. The zero-order valence-electron chi connectivity index (χ0n) is 14.2. The third-order valence-electron chi connectivity index (χ3n) is 4.22. The number of rotatable bonds is 6. The van der Waals surface area contributed by atoms with E-state index in [0.29, 0.717) is 0 Å². The highest BCUT2D eigenvalue weighted by atomic mass is 79.9. The van der Waals surface area contributed by atoms with E-state index in [0.717, 1.165) is 34.9 Å².